The molecule has 1 aromatic rings. The first-order chi connectivity index (χ1) is 11.5. The molecule has 0 saturated carbocycles. The van der Waals surface area contributed by atoms with Crippen molar-refractivity contribution in [2.45, 2.75) is 18.9 Å². The van der Waals surface area contributed by atoms with Gasteiger partial charge in [0.2, 0.25) is 5.91 Å². The van der Waals surface area contributed by atoms with Gasteiger partial charge in [0.1, 0.15) is 0 Å². The molecule has 0 aromatic heterocycles. The normalized spacial score (nSPS) is 24.0. The first-order valence-electron chi connectivity index (χ1n) is 7.64. The second-order valence-corrected chi connectivity index (χ2v) is 6.79. The molecule has 3 amide bonds. The number of primary amides is 1. The van der Waals surface area contributed by atoms with Crippen LogP contribution in [-0.4, -0.2) is 46.2 Å². The van der Waals surface area contributed by atoms with Crippen LogP contribution < -0.4 is 11.5 Å². The Hall–Kier alpha value is -2.16. The average molecular weight is 346 g/mol. The molecule has 24 heavy (non-hydrogen) atoms. The van der Waals surface area contributed by atoms with Crippen LogP contribution in [0.4, 0.5) is 4.79 Å². The Morgan fingerprint density at radius 2 is 2.12 bits per heavy atom. The third-order valence-electron chi connectivity index (χ3n) is 3.96. The highest BCUT2D eigenvalue weighted by Crippen LogP contribution is 2.34. The maximum absolute atomic E-state index is 12.6. The van der Waals surface area contributed by atoms with E-state index in [0.717, 1.165) is 24.6 Å². The Kier molecular flexibility index (Phi) is 4.70. The maximum Gasteiger partial charge on any atom is 0.308 e. The fraction of sp³-hybridized carbons (Fsp3) is 0.312. The Balaban J connectivity index is 1.83. The van der Waals surface area contributed by atoms with Crippen molar-refractivity contribution in [2.24, 2.45) is 11.5 Å². The predicted octanol–water partition coefficient (Wildman–Crippen LogP) is 1.16. The molecule has 0 bridgehead atoms. The Morgan fingerprint density at radius 3 is 2.83 bits per heavy atom. The molecule has 2 aliphatic rings. The van der Waals surface area contributed by atoms with Gasteiger partial charge in [0.05, 0.1) is 4.91 Å². The summed E-state index contributed by atoms with van der Waals surface area (Å²) in [5.74, 6) is -0.899. The smallest absolute Gasteiger partial charge is 0.308 e. The number of nitrogens with two attached hydrogens (primary N) is 2. The van der Waals surface area contributed by atoms with Crippen LogP contribution in [0, 0.1) is 0 Å². The van der Waals surface area contributed by atoms with E-state index in [0.29, 0.717) is 29.1 Å². The van der Waals surface area contributed by atoms with Gasteiger partial charge in [-0.2, -0.15) is 5.01 Å². The molecule has 4 N–H and O–H groups in total. The minimum absolute atomic E-state index is 0.0374. The lowest BCUT2D eigenvalue weighted by Crippen LogP contribution is -2.53. The fourth-order valence-corrected chi connectivity index (χ4v) is 3.65. The van der Waals surface area contributed by atoms with Gasteiger partial charge >= 0.3 is 5.24 Å². The third kappa shape index (κ3) is 3.35. The van der Waals surface area contributed by atoms with Crippen molar-refractivity contribution >= 4 is 34.9 Å². The van der Waals surface area contributed by atoms with Crippen LogP contribution in [0.25, 0.3) is 6.08 Å². The number of thioether (sulfide) groups is 1. The van der Waals surface area contributed by atoms with Crippen molar-refractivity contribution in [3.8, 4) is 0 Å². The number of benzene rings is 1. The minimum Gasteiger partial charge on any atom is -0.366 e. The van der Waals surface area contributed by atoms with E-state index in [4.69, 9.17) is 11.5 Å². The summed E-state index contributed by atoms with van der Waals surface area (Å²) < 4.78 is 0. The molecule has 0 radical (unpaired) electrons. The quantitative estimate of drug-likeness (QED) is 0.795. The number of carbonyl (C=O) groups is 3. The van der Waals surface area contributed by atoms with Crippen molar-refractivity contribution < 1.29 is 14.4 Å². The fourth-order valence-electron chi connectivity index (χ4n) is 2.81. The van der Waals surface area contributed by atoms with Crippen LogP contribution in [0.15, 0.2) is 29.2 Å². The van der Waals surface area contributed by atoms with Gasteiger partial charge in [0.25, 0.3) is 5.91 Å². The summed E-state index contributed by atoms with van der Waals surface area (Å²) in [4.78, 5) is 36.4. The number of hydrazine groups is 1. The van der Waals surface area contributed by atoms with Crippen molar-refractivity contribution in [3.05, 3.63) is 40.3 Å². The number of hydrogen-bond acceptors (Lipinski definition) is 6. The molecular weight excluding hydrogens is 328 g/mol. The molecule has 0 unspecified atom stereocenters. The summed E-state index contributed by atoms with van der Waals surface area (Å²) >= 11 is 0.886. The number of rotatable bonds is 3. The van der Waals surface area contributed by atoms with E-state index in [2.05, 4.69) is 0 Å². The molecule has 2 heterocycles. The highest BCUT2D eigenvalue weighted by Gasteiger charge is 2.40. The van der Waals surface area contributed by atoms with Gasteiger partial charge in [-0.3, -0.25) is 14.4 Å². The SMILES string of the molecule is NC(=O)c1cccc(/C=C2\SC(=O)N(N3CCC[C@@H](N)C3)C2=O)c1. The van der Waals surface area contributed by atoms with E-state index in [9.17, 15) is 14.4 Å². The standard InChI is InChI=1S/C16H18N4O3S/c17-12-5-2-6-19(9-12)20-15(22)13(24-16(20)23)8-10-3-1-4-11(7-10)14(18)21/h1,3-4,7-8,12H,2,5-6,9,17H2,(H2,18,21)/b13-8-/t12-/m1/s1. The van der Waals surface area contributed by atoms with Gasteiger partial charge in [-0.25, -0.2) is 5.01 Å². The molecule has 3 rings (SSSR count). The number of hydrogen-bond donors (Lipinski definition) is 2. The zero-order valence-corrected chi connectivity index (χ0v) is 13.8. The molecule has 2 aliphatic heterocycles. The molecular formula is C16H18N4O3S. The van der Waals surface area contributed by atoms with E-state index in [1.54, 1.807) is 35.4 Å². The van der Waals surface area contributed by atoms with Crippen molar-refractivity contribution in [1.82, 2.24) is 10.0 Å². The summed E-state index contributed by atoms with van der Waals surface area (Å²) in [5, 5.41) is 2.56. The van der Waals surface area contributed by atoms with Crippen LogP contribution in [0.3, 0.4) is 0 Å². The molecule has 0 spiro atoms. The molecule has 7 nitrogen and oxygen atoms in total. The summed E-state index contributed by atoms with van der Waals surface area (Å²) in [7, 11) is 0. The molecule has 8 heteroatoms. The third-order valence-corrected chi connectivity index (χ3v) is 4.82. The highest BCUT2D eigenvalue weighted by atomic mass is 32.2. The summed E-state index contributed by atoms with van der Waals surface area (Å²) in [6.07, 6.45) is 3.34. The van der Waals surface area contributed by atoms with E-state index >= 15 is 0 Å². The molecule has 1 aromatic carbocycles. The largest absolute Gasteiger partial charge is 0.366 e. The van der Waals surface area contributed by atoms with Gasteiger partial charge in [0, 0.05) is 24.7 Å². The molecule has 2 fully saturated rings. The van der Waals surface area contributed by atoms with Gasteiger partial charge in [-0.05, 0) is 48.4 Å². The van der Waals surface area contributed by atoms with Gasteiger partial charge in [0.15, 0.2) is 0 Å². The first kappa shape index (κ1) is 16.7. The van der Waals surface area contributed by atoms with Crippen molar-refractivity contribution in [1.29, 1.82) is 0 Å². The Bertz CT molecular complexity index is 734. The topological polar surface area (TPSA) is 110 Å². The van der Waals surface area contributed by atoms with Gasteiger partial charge in [-0.1, -0.05) is 12.1 Å². The second kappa shape index (κ2) is 6.76. The zero-order valence-electron chi connectivity index (χ0n) is 13.0. The first-order valence-corrected chi connectivity index (χ1v) is 8.45. The van der Waals surface area contributed by atoms with Crippen molar-refractivity contribution in [2.75, 3.05) is 13.1 Å². The zero-order chi connectivity index (χ0) is 17.3. The lowest BCUT2D eigenvalue weighted by atomic mass is 10.1. The molecule has 0 aliphatic carbocycles. The van der Waals surface area contributed by atoms with E-state index < -0.39 is 5.91 Å². The number of nitrogens with zero attached hydrogens (tertiary/aromatic N) is 2. The van der Waals surface area contributed by atoms with E-state index in [1.807, 2.05) is 0 Å². The minimum atomic E-state index is -0.541. The highest BCUT2D eigenvalue weighted by molar-refractivity contribution is 8.18. The predicted molar refractivity (Wildman–Crippen MR) is 91.6 cm³/mol. The van der Waals surface area contributed by atoms with Crippen LogP contribution in [0.1, 0.15) is 28.8 Å². The molecule has 126 valence electrons. The van der Waals surface area contributed by atoms with Crippen molar-refractivity contribution in [3.63, 3.8) is 0 Å². The number of carbonyl (C=O) groups excluding carboxylic acids is 3. The van der Waals surface area contributed by atoms with Crippen LogP contribution in [0.5, 0.6) is 0 Å². The number of amides is 3. The van der Waals surface area contributed by atoms with Gasteiger partial charge in [-0.15, -0.1) is 0 Å². The maximum atomic E-state index is 12.6. The summed E-state index contributed by atoms with van der Waals surface area (Å²) in [5.41, 5.74) is 12.2. The monoisotopic (exact) mass is 346 g/mol. The van der Waals surface area contributed by atoms with Crippen LogP contribution in [0.2, 0.25) is 0 Å². The summed E-state index contributed by atoms with van der Waals surface area (Å²) in [6.45, 7) is 1.12. The lowest BCUT2D eigenvalue weighted by molar-refractivity contribution is -0.136. The second-order valence-electron chi connectivity index (χ2n) is 5.80. The summed E-state index contributed by atoms with van der Waals surface area (Å²) in [6, 6.07) is 6.58. The number of imide groups is 1. The van der Waals surface area contributed by atoms with Crippen LogP contribution in [-0.2, 0) is 4.79 Å². The Labute approximate surface area is 143 Å². The Morgan fingerprint density at radius 1 is 1.33 bits per heavy atom. The van der Waals surface area contributed by atoms with E-state index in [1.165, 1.54) is 5.01 Å². The number of piperidine rings is 1. The van der Waals surface area contributed by atoms with E-state index in [-0.39, 0.29) is 17.2 Å². The van der Waals surface area contributed by atoms with Crippen LogP contribution >= 0.6 is 11.8 Å². The average Bonchev–Trinajstić information content (AvgIpc) is 2.81. The van der Waals surface area contributed by atoms with Gasteiger partial charge < -0.3 is 11.5 Å². The molecule has 2 saturated heterocycles. The molecule has 1 atom stereocenters. The lowest BCUT2D eigenvalue weighted by Gasteiger charge is -2.35.